The number of hydrogen-bond donors (Lipinski definition) is 1. The van der Waals surface area contributed by atoms with Crippen molar-refractivity contribution >= 4 is 5.97 Å². The Morgan fingerprint density at radius 1 is 1.25 bits per heavy atom. The molecule has 1 aliphatic carbocycles. The first-order valence-electron chi connectivity index (χ1n) is 6.43. The van der Waals surface area contributed by atoms with E-state index in [0.717, 1.165) is 25.8 Å². The van der Waals surface area contributed by atoms with Gasteiger partial charge in [-0.3, -0.25) is 4.79 Å². The molecule has 1 heterocycles. The fourth-order valence-electron chi connectivity index (χ4n) is 3.03. The first kappa shape index (κ1) is 11.9. The minimum Gasteiger partial charge on any atom is -0.460 e. The summed E-state index contributed by atoms with van der Waals surface area (Å²) >= 11 is 0. The summed E-state index contributed by atoms with van der Waals surface area (Å²) in [6, 6.07) is 0.561. The van der Waals surface area contributed by atoms with Crippen LogP contribution < -0.4 is 5.32 Å². The van der Waals surface area contributed by atoms with Gasteiger partial charge in [0.15, 0.2) is 0 Å². The van der Waals surface area contributed by atoms with Gasteiger partial charge in [-0.1, -0.05) is 6.42 Å². The Hall–Kier alpha value is -0.570. The molecule has 1 unspecified atom stereocenters. The molecule has 2 aliphatic rings. The molecule has 1 saturated heterocycles. The molecule has 0 aromatic carbocycles. The molecule has 92 valence electrons. The SMILES string of the molecule is CC(C)(C)OC(=O)C1CCC[C@@H]2NCC[C@H]12. The molecule has 0 spiro atoms. The maximum Gasteiger partial charge on any atom is 0.309 e. The van der Waals surface area contributed by atoms with Gasteiger partial charge in [0, 0.05) is 6.04 Å². The van der Waals surface area contributed by atoms with Gasteiger partial charge >= 0.3 is 5.97 Å². The van der Waals surface area contributed by atoms with E-state index in [1.807, 2.05) is 20.8 Å². The standard InChI is InChI=1S/C13H23NO2/c1-13(2,3)16-12(15)10-5-4-6-11-9(10)7-8-14-11/h9-11,14H,4-8H2,1-3H3/t9-,10?,11+/m1/s1. The maximum absolute atomic E-state index is 12.1. The molecule has 1 aliphatic heterocycles. The lowest BCUT2D eigenvalue weighted by atomic mass is 9.76. The molecule has 3 heteroatoms. The van der Waals surface area contributed by atoms with Gasteiger partial charge < -0.3 is 10.1 Å². The zero-order chi connectivity index (χ0) is 11.8. The molecule has 16 heavy (non-hydrogen) atoms. The van der Waals surface area contributed by atoms with E-state index in [2.05, 4.69) is 5.32 Å². The number of carbonyl (C=O) groups is 1. The second-order valence-electron chi connectivity index (χ2n) is 6.08. The average molecular weight is 225 g/mol. The average Bonchev–Trinajstić information content (AvgIpc) is 2.61. The molecule has 0 aromatic rings. The summed E-state index contributed by atoms with van der Waals surface area (Å²) in [7, 11) is 0. The summed E-state index contributed by atoms with van der Waals surface area (Å²) in [5.74, 6) is 0.669. The van der Waals surface area contributed by atoms with Crippen molar-refractivity contribution in [1.82, 2.24) is 5.32 Å². The van der Waals surface area contributed by atoms with Crippen LogP contribution in [0.5, 0.6) is 0 Å². The number of hydrogen-bond acceptors (Lipinski definition) is 3. The highest BCUT2D eigenvalue weighted by Crippen LogP contribution is 2.36. The Bertz CT molecular complexity index is 270. The Morgan fingerprint density at radius 2 is 2.00 bits per heavy atom. The van der Waals surface area contributed by atoms with Gasteiger partial charge in [-0.05, 0) is 52.5 Å². The number of rotatable bonds is 1. The van der Waals surface area contributed by atoms with E-state index >= 15 is 0 Å². The zero-order valence-corrected chi connectivity index (χ0v) is 10.6. The van der Waals surface area contributed by atoms with Crippen molar-refractivity contribution in [2.75, 3.05) is 6.54 Å². The molecule has 2 rings (SSSR count). The van der Waals surface area contributed by atoms with Gasteiger partial charge in [-0.2, -0.15) is 0 Å². The molecule has 3 nitrogen and oxygen atoms in total. The predicted molar refractivity (Wildman–Crippen MR) is 63.1 cm³/mol. The number of esters is 1. The lowest BCUT2D eigenvalue weighted by Gasteiger charge is -2.33. The first-order chi connectivity index (χ1) is 7.47. The summed E-state index contributed by atoms with van der Waals surface area (Å²) in [5.41, 5.74) is -0.351. The van der Waals surface area contributed by atoms with Crippen molar-refractivity contribution in [2.45, 2.75) is 58.1 Å². The van der Waals surface area contributed by atoms with Crippen LogP contribution in [-0.4, -0.2) is 24.2 Å². The molecule has 0 aromatic heterocycles. The van der Waals surface area contributed by atoms with Crippen LogP contribution in [-0.2, 0) is 9.53 Å². The van der Waals surface area contributed by atoms with Crippen LogP contribution in [0.25, 0.3) is 0 Å². The molecule has 1 saturated carbocycles. The summed E-state index contributed by atoms with van der Waals surface area (Å²) in [6.07, 6.45) is 4.52. The highest BCUT2D eigenvalue weighted by atomic mass is 16.6. The Labute approximate surface area is 97.9 Å². The first-order valence-corrected chi connectivity index (χ1v) is 6.43. The fourth-order valence-corrected chi connectivity index (χ4v) is 3.03. The van der Waals surface area contributed by atoms with E-state index in [1.165, 1.54) is 6.42 Å². The van der Waals surface area contributed by atoms with Crippen LogP contribution in [0.15, 0.2) is 0 Å². The topological polar surface area (TPSA) is 38.3 Å². The lowest BCUT2D eigenvalue weighted by molar-refractivity contribution is -0.163. The number of nitrogens with one attached hydrogen (secondary N) is 1. The maximum atomic E-state index is 12.1. The minimum absolute atomic E-state index is 0.0194. The van der Waals surface area contributed by atoms with E-state index in [4.69, 9.17) is 4.74 Å². The third-order valence-electron chi connectivity index (χ3n) is 3.66. The van der Waals surface area contributed by atoms with Crippen molar-refractivity contribution in [3.63, 3.8) is 0 Å². The van der Waals surface area contributed by atoms with Crippen molar-refractivity contribution in [1.29, 1.82) is 0 Å². The van der Waals surface area contributed by atoms with Crippen LogP contribution in [0.3, 0.4) is 0 Å². The fraction of sp³-hybridized carbons (Fsp3) is 0.923. The highest BCUT2D eigenvalue weighted by Gasteiger charge is 2.41. The van der Waals surface area contributed by atoms with Crippen LogP contribution >= 0.6 is 0 Å². The highest BCUT2D eigenvalue weighted by molar-refractivity contribution is 5.73. The van der Waals surface area contributed by atoms with E-state index in [0.29, 0.717) is 12.0 Å². The van der Waals surface area contributed by atoms with Crippen LogP contribution in [0, 0.1) is 11.8 Å². The quantitative estimate of drug-likeness (QED) is 0.695. The normalized spacial score (nSPS) is 34.6. The molecule has 3 atom stereocenters. The van der Waals surface area contributed by atoms with Gasteiger partial charge in [-0.15, -0.1) is 0 Å². The molecule has 0 amide bonds. The van der Waals surface area contributed by atoms with E-state index < -0.39 is 0 Å². The van der Waals surface area contributed by atoms with Gasteiger partial charge in [0.2, 0.25) is 0 Å². The Balaban J connectivity index is 2.00. The number of fused-ring (bicyclic) bond motifs is 1. The summed E-state index contributed by atoms with van der Waals surface area (Å²) in [5, 5.41) is 3.50. The molecule has 0 radical (unpaired) electrons. The molecule has 2 fully saturated rings. The second-order valence-corrected chi connectivity index (χ2v) is 6.08. The van der Waals surface area contributed by atoms with Crippen molar-refractivity contribution in [3.05, 3.63) is 0 Å². The van der Waals surface area contributed by atoms with Crippen LogP contribution in [0.1, 0.15) is 46.5 Å². The van der Waals surface area contributed by atoms with Gasteiger partial charge in [0.25, 0.3) is 0 Å². The van der Waals surface area contributed by atoms with Gasteiger partial charge in [0.05, 0.1) is 5.92 Å². The van der Waals surface area contributed by atoms with Crippen LogP contribution in [0.4, 0.5) is 0 Å². The smallest absolute Gasteiger partial charge is 0.309 e. The van der Waals surface area contributed by atoms with Crippen LogP contribution in [0.2, 0.25) is 0 Å². The Kier molecular flexibility index (Phi) is 3.24. The lowest BCUT2D eigenvalue weighted by Crippen LogP contribution is -2.40. The number of ether oxygens (including phenoxy) is 1. The Morgan fingerprint density at radius 3 is 2.69 bits per heavy atom. The third-order valence-corrected chi connectivity index (χ3v) is 3.66. The minimum atomic E-state index is -0.351. The van der Waals surface area contributed by atoms with Gasteiger partial charge in [-0.25, -0.2) is 0 Å². The second kappa shape index (κ2) is 4.36. The van der Waals surface area contributed by atoms with E-state index in [9.17, 15) is 4.79 Å². The molecular weight excluding hydrogens is 202 g/mol. The largest absolute Gasteiger partial charge is 0.460 e. The van der Waals surface area contributed by atoms with Crippen molar-refractivity contribution < 1.29 is 9.53 Å². The summed E-state index contributed by atoms with van der Waals surface area (Å²) in [4.78, 5) is 12.1. The van der Waals surface area contributed by atoms with Crippen molar-refractivity contribution in [2.24, 2.45) is 11.8 Å². The molecule has 1 N–H and O–H groups in total. The van der Waals surface area contributed by atoms with E-state index in [1.54, 1.807) is 0 Å². The predicted octanol–water partition coefficient (Wildman–Crippen LogP) is 2.11. The molecule has 0 bridgehead atoms. The van der Waals surface area contributed by atoms with Gasteiger partial charge in [0.1, 0.15) is 5.60 Å². The molecular formula is C13H23NO2. The zero-order valence-electron chi connectivity index (χ0n) is 10.6. The summed E-state index contributed by atoms with van der Waals surface area (Å²) < 4.78 is 5.52. The third kappa shape index (κ3) is 2.57. The monoisotopic (exact) mass is 225 g/mol. The van der Waals surface area contributed by atoms with Crippen molar-refractivity contribution in [3.8, 4) is 0 Å². The van der Waals surface area contributed by atoms with E-state index in [-0.39, 0.29) is 17.5 Å². The summed E-state index contributed by atoms with van der Waals surface area (Å²) in [6.45, 7) is 6.89. The number of carbonyl (C=O) groups excluding carboxylic acids is 1.